The van der Waals surface area contributed by atoms with Crippen LogP contribution in [-0.2, 0) is 19.2 Å². The van der Waals surface area contributed by atoms with E-state index in [4.69, 9.17) is 15.3 Å². The molecule has 8 nitrogen and oxygen atoms in total. The number of nitrogens with one attached hydrogen (secondary N) is 1. The standard InChI is InChI=1S/C9H11NO7/c1-4(8(14)15)7(9(16)17)10-5(11)2-3-6(12)13/h2-4,7H,1H3,(H,10,11)(H,12,13)(H,14,15)(H,16,17)/b3-2-. The van der Waals surface area contributed by atoms with Crippen LogP contribution in [0.2, 0.25) is 0 Å². The molecule has 0 aliphatic carbocycles. The van der Waals surface area contributed by atoms with E-state index in [1.54, 1.807) is 0 Å². The fourth-order valence-corrected chi connectivity index (χ4v) is 0.892. The minimum absolute atomic E-state index is 0.514. The highest BCUT2D eigenvalue weighted by Crippen LogP contribution is 2.03. The second-order valence-electron chi connectivity index (χ2n) is 3.12. The highest BCUT2D eigenvalue weighted by molar-refractivity contribution is 5.96. The number of carbonyl (C=O) groups excluding carboxylic acids is 1. The van der Waals surface area contributed by atoms with Gasteiger partial charge in [0.2, 0.25) is 5.91 Å². The molecule has 8 heteroatoms. The van der Waals surface area contributed by atoms with Gasteiger partial charge in [-0.15, -0.1) is 0 Å². The van der Waals surface area contributed by atoms with Gasteiger partial charge in [0, 0.05) is 12.2 Å². The van der Waals surface area contributed by atoms with Crippen LogP contribution in [0.25, 0.3) is 0 Å². The van der Waals surface area contributed by atoms with Crippen LogP contribution in [0.1, 0.15) is 6.92 Å². The van der Waals surface area contributed by atoms with Crippen LogP contribution < -0.4 is 5.32 Å². The Morgan fingerprint density at radius 1 is 1.00 bits per heavy atom. The number of carboxylic acids is 3. The van der Waals surface area contributed by atoms with Gasteiger partial charge in [0.15, 0.2) is 0 Å². The Hall–Kier alpha value is -2.38. The molecule has 0 radical (unpaired) electrons. The normalized spacial score (nSPS) is 13.9. The molecule has 0 aliphatic rings. The first-order chi connectivity index (χ1) is 7.75. The van der Waals surface area contributed by atoms with E-state index in [-0.39, 0.29) is 0 Å². The maximum atomic E-state index is 11.1. The van der Waals surface area contributed by atoms with Gasteiger partial charge in [-0.05, 0) is 6.92 Å². The molecule has 0 saturated heterocycles. The largest absolute Gasteiger partial charge is 0.481 e. The third kappa shape index (κ3) is 5.30. The Labute approximate surface area is 95.5 Å². The topological polar surface area (TPSA) is 141 Å². The number of rotatable bonds is 6. The van der Waals surface area contributed by atoms with Crippen LogP contribution in [0, 0.1) is 5.92 Å². The van der Waals surface area contributed by atoms with E-state index in [0.29, 0.717) is 12.2 Å². The molecule has 0 spiro atoms. The molecular formula is C9H11NO7. The molecule has 94 valence electrons. The predicted octanol–water partition coefficient (Wildman–Crippen LogP) is -1.08. The van der Waals surface area contributed by atoms with E-state index < -0.39 is 35.8 Å². The average molecular weight is 245 g/mol. The van der Waals surface area contributed by atoms with Gasteiger partial charge >= 0.3 is 17.9 Å². The maximum absolute atomic E-state index is 11.1. The van der Waals surface area contributed by atoms with Crippen molar-refractivity contribution in [2.75, 3.05) is 0 Å². The molecular weight excluding hydrogens is 234 g/mol. The lowest BCUT2D eigenvalue weighted by molar-refractivity contribution is -0.151. The number of hydrogen-bond donors (Lipinski definition) is 4. The van der Waals surface area contributed by atoms with Crippen molar-refractivity contribution in [1.29, 1.82) is 0 Å². The Bertz CT molecular complexity index is 374. The molecule has 2 atom stereocenters. The summed E-state index contributed by atoms with van der Waals surface area (Å²) in [7, 11) is 0. The first-order valence-electron chi connectivity index (χ1n) is 4.42. The first-order valence-corrected chi connectivity index (χ1v) is 4.42. The van der Waals surface area contributed by atoms with Crippen LogP contribution in [0.5, 0.6) is 0 Å². The molecule has 0 aromatic carbocycles. The summed E-state index contributed by atoms with van der Waals surface area (Å²) in [5, 5.41) is 27.4. The summed E-state index contributed by atoms with van der Waals surface area (Å²) in [6.07, 6.45) is 1.12. The third-order valence-corrected chi connectivity index (χ3v) is 1.83. The van der Waals surface area contributed by atoms with Crippen molar-refractivity contribution < 1.29 is 34.5 Å². The van der Waals surface area contributed by atoms with Crippen LogP contribution >= 0.6 is 0 Å². The van der Waals surface area contributed by atoms with Crippen LogP contribution in [0.4, 0.5) is 0 Å². The monoisotopic (exact) mass is 245 g/mol. The van der Waals surface area contributed by atoms with E-state index in [2.05, 4.69) is 0 Å². The summed E-state index contributed by atoms with van der Waals surface area (Å²) in [6, 6.07) is -1.63. The van der Waals surface area contributed by atoms with E-state index in [0.717, 1.165) is 6.92 Å². The zero-order valence-corrected chi connectivity index (χ0v) is 8.78. The minimum Gasteiger partial charge on any atom is -0.481 e. The predicted molar refractivity (Wildman–Crippen MR) is 53.1 cm³/mol. The molecule has 17 heavy (non-hydrogen) atoms. The number of aliphatic carboxylic acids is 3. The first kappa shape index (κ1) is 14.6. The smallest absolute Gasteiger partial charge is 0.328 e. The second-order valence-corrected chi connectivity index (χ2v) is 3.12. The number of hydrogen-bond acceptors (Lipinski definition) is 4. The summed E-state index contributed by atoms with van der Waals surface area (Å²) in [6.45, 7) is 1.11. The number of amides is 1. The molecule has 0 heterocycles. The van der Waals surface area contributed by atoms with Crippen molar-refractivity contribution in [1.82, 2.24) is 5.32 Å². The van der Waals surface area contributed by atoms with Crippen molar-refractivity contribution in [3.8, 4) is 0 Å². The highest BCUT2D eigenvalue weighted by atomic mass is 16.4. The Morgan fingerprint density at radius 2 is 1.53 bits per heavy atom. The van der Waals surface area contributed by atoms with Crippen molar-refractivity contribution >= 4 is 23.8 Å². The minimum atomic E-state index is -1.63. The zero-order chi connectivity index (χ0) is 13.6. The molecule has 0 aromatic rings. The van der Waals surface area contributed by atoms with E-state index in [1.807, 2.05) is 5.32 Å². The molecule has 2 unspecified atom stereocenters. The third-order valence-electron chi connectivity index (χ3n) is 1.83. The van der Waals surface area contributed by atoms with Crippen molar-refractivity contribution in [3.63, 3.8) is 0 Å². The molecule has 1 amide bonds. The van der Waals surface area contributed by atoms with E-state index in [9.17, 15) is 19.2 Å². The van der Waals surface area contributed by atoms with Gasteiger partial charge in [-0.25, -0.2) is 9.59 Å². The average Bonchev–Trinajstić information content (AvgIpc) is 2.21. The number of carboxylic acid groups (broad SMARTS) is 3. The second kappa shape index (κ2) is 6.26. The lowest BCUT2D eigenvalue weighted by Crippen LogP contribution is -2.47. The molecule has 0 saturated carbocycles. The molecule has 0 bridgehead atoms. The SMILES string of the molecule is CC(C(=O)O)C(NC(=O)/C=C\C(=O)O)C(=O)O. The van der Waals surface area contributed by atoms with Gasteiger partial charge in [0.25, 0.3) is 0 Å². The quantitative estimate of drug-likeness (QED) is 0.436. The van der Waals surface area contributed by atoms with Crippen molar-refractivity contribution in [2.24, 2.45) is 5.92 Å². The van der Waals surface area contributed by atoms with Gasteiger partial charge < -0.3 is 20.6 Å². The zero-order valence-electron chi connectivity index (χ0n) is 8.78. The van der Waals surface area contributed by atoms with Gasteiger partial charge in [0.05, 0.1) is 5.92 Å². The maximum Gasteiger partial charge on any atom is 0.328 e. The van der Waals surface area contributed by atoms with Crippen LogP contribution in [0.3, 0.4) is 0 Å². The highest BCUT2D eigenvalue weighted by Gasteiger charge is 2.30. The fraction of sp³-hybridized carbons (Fsp3) is 0.333. The summed E-state index contributed by atoms with van der Waals surface area (Å²) < 4.78 is 0. The van der Waals surface area contributed by atoms with Crippen molar-refractivity contribution in [2.45, 2.75) is 13.0 Å². The lowest BCUT2D eigenvalue weighted by atomic mass is 10.0. The van der Waals surface area contributed by atoms with E-state index in [1.165, 1.54) is 0 Å². The molecule has 0 aliphatic heterocycles. The molecule has 0 fully saturated rings. The van der Waals surface area contributed by atoms with E-state index >= 15 is 0 Å². The molecule has 4 N–H and O–H groups in total. The Morgan fingerprint density at radius 3 is 1.88 bits per heavy atom. The van der Waals surface area contributed by atoms with Gasteiger partial charge in [0.1, 0.15) is 6.04 Å². The van der Waals surface area contributed by atoms with Crippen LogP contribution in [0.15, 0.2) is 12.2 Å². The van der Waals surface area contributed by atoms with Crippen LogP contribution in [-0.4, -0.2) is 45.2 Å². The number of carbonyl (C=O) groups is 4. The van der Waals surface area contributed by atoms with Gasteiger partial charge in [-0.1, -0.05) is 0 Å². The Balaban J connectivity index is 4.67. The summed E-state index contributed by atoms with van der Waals surface area (Å²) in [5.41, 5.74) is 0. The summed E-state index contributed by atoms with van der Waals surface area (Å²) in [4.78, 5) is 42.4. The lowest BCUT2D eigenvalue weighted by Gasteiger charge is -2.16. The molecule has 0 aromatic heterocycles. The fourth-order valence-electron chi connectivity index (χ4n) is 0.892. The molecule has 0 rings (SSSR count). The van der Waals surface area contributed by atoms with Crippen molar-refractivity contribution in [3.05, 3.63) is 12.2 Å². The summed E-state index contributed by atoms with van der Waals surface area (Å²) in [5.74, 6) is -6.61. The summed E-state index contributed by atoms with van der Waals surface area (Å²) >= 11 is 0. The van der Waals surface area contributed by atoms with Gasteiger partial charge in [-0.2, -0.15) is 0 Å². The Kier molecular flexibility index (Phi) is 5.38. The van der Waals surface area contributed by atoms with Gasteiger partial charge in [-0.3, -0.25) is 9.59 Å².